The van der Waals surface area contributed by atoms with Gasteiger partial charge in [0.15, 0.2) is 0 Å². The fourth-order valence-electron chi connectivity index (χ4n) is 2.48. The van der Waals surface area contributed by atoms with Crippen molar-refractivity contribution < 1.29 is 9.13 Å². The number of hydrogen-bond donors (Lipinski definition) is 1. The molecule has 4 nitrogen and oxygen atoms in total. The van der Waals surface area contributed by atoms with Gasteiger partial charge in [0, 0.05) is 13.5 Å². The molecule has 3 aromatic rings. The molecule has 1 atom stereocenters. The van der Waals surface area contributed by atoms with Crippen LogP contribution in [0.1, 0.15) is 18.3 Å². The number of halogens is 1. The molecule has 0 fully saturated rings. The Labute approximate surface area is 133 Å². The highest BCUT2D eigenvalue weighted by atomic mass is 19.1. The van der Waals surface area contributed by atoms with Crippen LogP contribution in [-0.4, -0.2) is 23.2 Å². The predicted octanol–water partition coefficient (Wildman–Crippen LogP) is 3.82. The molecule has 1 heterocycles. The third-order valence-corrected chi connectivity index (χ3v) is 3.84. The van der Waals surface area contributed by atoms with Crippen LogP contribution in [0, 0.1) is 17.1 Å². The first-order valence-electron chi connectivity index (χ1n) is 7.32. The van der Waals surface area contributed by atoms with Crippen LogP contribution in [0.2, 0.25) is 0 Å². The van der Waals surface area contributed by atoms with Crippen LogP contribution in [0.25, 0.3) is 22.2 Å². The van der Waals surface area contributed by atoms with Crippen molar-refractivity contribution in [3.8, 4) is 17.2 Å². The number of aromatic amines is 1. The Morgan fingerprint density at radius 1 is 1.26 bits per heavy atom. The number of hydrogen-bond acceptors (Lipinski definition) is 3. The Morgan fingerprint density at radius 2 is 2.00 bits per heavy atom. The fraction of sp³-hybridized carbons (Fsp3) is 0.222. The summed E-state index contributed by atoms with van der Waals surface area (Å²) in [4.78, 5) is 7.80. The summed E-state index contributed by atoms with van der Waals surface area (Å²) in [5, 5.41) is 8.80. The maximum atomic E-state index is 13.8. The number of nitrogens with one attached hydrogen (secondary N) is 1. The minimum absolute atomic E-state index is 0.0483. The Balaban J connectivity index is 1.96. The first kappa shape index (κ1) is 15.2. The second-order valence-corrected chi connectivity index (χ2v) is 5.47. The summed E-state index contributed by atoms with van der Waals surface area (Å²) in [5.41, 5.74) is 3.40. The summed E-state index contributed by atoms with van der Waals surface area (Å²) in [6.07, 6.45) is 0.786. The standard InChI is InChI=1S/C18H16FN3O/c1-11(23-2)7-18-21-16-6-5-13(9-17(16)22-18)12-3-4-14(10-20)15(19)8-12/h3-6,8-9,11H,7H2,1-2H3,(H,21,22)/t11-/m1/s1. The van der Waals surface area contributed by atoms with E-state index in [9.17, 15) is 4.39 Å². The van der Waals surface area contributed by atoms with Crippen LogP contribution in [0.5, 0.6) is 0 Å². The van der Waals surface area contributed by atoms with Gasteiger partial charge in [-0.25, -0.2) is 9.37 Å². The normalized spacial score (nSPS) is 12.3. The predicted molar refractivity (Wildman–Crippen MR) is 86.4 cm³/mol. The highest BCUT2D eigenvalue weighted by molar-refractivity contribution is 5.82. The third kappa shape index (κ3) is 3.08. The van der Waals surface area contributed by atoms with Gasteiger partial charge in [0.1, 0.15) is 17.7 Å². The van der Waals surface area contributed by atoms with Crippen molar-refractivity contribution in [3.05, 3.63) is 53.6 Å². The van der Waals surface area contributed by atoms with E-state index in [2.05, 4.69) is 9.97 Å². The molecule has 0 spiro atoms. The zero-order valence-electron chi connectivity index (χ0n) is 12.9. The molecule has 0 radical (unpaired) electrons. The highest BCUT2D eigenvalue weighted by Gasteiger charge is 2.09. The number of nitrogens with zero attached hydrogens (tertiary/aromatic N) is 2. The molecule has 1 aromatic heterocycles. The zero-order chi connectivity index (χ0) is 16.4. The number of rotatable bonds is 4. The van der Waals surface area contributed by atoms with Crippen LogP contribution >= 0.6 is 0 Å². The van der Waals surface area contributed by atoms with Gasteiger partial charge in [-0.3, -0.25) is 0 Å². The second kappa shape index (κ2) is 6.19. The lowest BCUT2D eigenvalue weighted by molar-refractivity contribution is 0.117. The SMILES string of the molecule is CO[C@H](C)Cc1nc2ccc(-c3ccc(C#N)c(F)c3)cc2[nH]1. The molecule has 0 saturated carbocycles. The van der Waals surface area contributed by atoms with Crippen molar-refractivity contribution in [3.63, 3.8) is 0 Å². The minimum atomic E-state index is -0.510. The van der Waals surface area contributed by atoms with Gasteiger partial charge >= 0.3 is 0 Å². The van der Waals surface area contributed by atoms with Crippen LogP contribution in [0.4, 0.5) is 4.39 Å². The molecule has 0 aliphatic carbocycles. The molecule has 0 aliphatic heterocycles. The van der Waals surface area contributed by atoms with Crippen LogP contribution < -0.4 is 0 Å². The van der Waals surface area contributed by atoms with Gasteiger partial charge in [-0.1, -0.05) is 12.1 Å². The summed E-state index contributed by atoms with van der Waals surface area (Å²) in [5.74, 6) is 0.349. The minimum Gasteiger partial charge on any atom is -0.381 e. The molecular formula is C18H16FN3O. The summed E-state index contributed by atoms with van der Waals surface area (Å²) in [6, 6.07) is 12.2. The monoisotopic (exact) mass is 309 g/mol. The maximum absolute atomic E-state index is 13.8. The van der Waals surface area contributed by atoms with Crippen molar-refractivity contribution in [2.75, 3.05) is 7.11 Å². The van der Waals surface area contributed by atoms with E-state index in [4.69, 9.17) is 10.00 Å². The Morgan fingerprint density at radius 3 is 2.70 bits per heavy atom. The van der Waals surface area contributed by atoms with Crippen LogP contribution in [-0.2, 0) is 11.2 Å². The molecule has 2 aromatic carbocycles. The van der Waals surface area contributed by atoms with Crippen molar-refractivity contribution in [1.29, 1.82) is 5.26 Å². The molecule has 0 bridgehead atoms. The van der Waals surface area contributed by atoms with Crippen molar-refractivity contribution in [1.82, 2.24) is 9.97 Å². The van der Waals surface area contributed by atoms with E-state index in [1.54, 1.807) is 13.2 Å². The number of H-pyrrole nitrogens is 1. The molecular weight excluding hydrogens is 293 g/mol. The number of aromatic nitrogens is 2. The van der Waals surface area contributed by atoms with Crippen molar-refractivity contribution >= 4 is 11.0 Å². The average molecular weight is 309 g/mol. The first-order valence-corrected chi connectivity index (χ1v) is 7.32. The van der Waals surface area contributed by atoms with Gasteiger partial charge in [-0.2, -0.15) is 5.26 Å². The lowest BCUT2D eigenvalue weighted by Crippen LogP contribution is -2.09. The molecule has 0 aliphatic rings. The number of benzene rings is 2. The maximum Gasteiger partial charge on any atom is 0.141 e. The smallest absolute Gasteiger partial charge is 0.141 e. The zero-order valence-corrected chi connectivity index (χ0v) is 12.9. The number of fused-ring (bicyclic) bond motifs is 1. The third-order valence-electron chi connectivity index (χ3n) is 3.84. The Hall–Kier alpha value is -2.71. The quantitative estimate of drug-likeness (QED) is 0.797. The average Bonchev–Trinajstić information content (AvgIpc) is 2.95. The highest BCUT2D eigenvalue weighted by Crippen LogP contribution is 2.25. The van der Waals surface area contributed by atoms with E-state index in [0.29, 0.717) is 6.42 Å². The van der Waals surface area contributed by atoms with E-state index in [0.717, 1.165) is 28.0 Å². The topological polar surface area (TPSA) is 61.7 Å². The molecule has 5 heteroatoms. The first-order chi connectivity index (χ1) is 11.1. The molecule has 23 heavy (non-hydrogen) atoms. The van der Waals surface area contributed by atoms with E-state index in [1.165, 1.54) is 12.1 Å². The fourth-order valence-corrected chi connectivity index (χ4v) is 2.48. The van der Waals surface area contributed by atoms with Crippen LogP contribution in [0.15, 0.2) is 36.4 Å². The Kier molecular flexibility index (Phi) is 4.09. The summed E-state index contributed by atoms with van der Waals surface area (Å²) < 4.78 is 19.0. The molecule has 116 valence electrons. The molecule has 0 amide bonds. The second-order valence-electron chi connectivity index (χ2n) is 5.47. The van der Waals surface area contributed by atoms with Gasteiger partial charge in [0.05, 0.1) is 22.7 Å². The van der Waals surface area contributed by atoms with E-state index >= 15 is 0 Å². The van der Waals surface area contributed by atoms with Crippen molar-refractivity contribution in [2.24, 2.45) is 0 Å². The van der Waals surface area contributed by atoms with Gasteiger partial charge in [-0.05, 0) is 42.3 Å². The molecule has 1 N–H and O–H groups in total. The lowest BCUT2D eigenvalue weighted by atomic mass is 10.0. The Bertz CT molecular complexity index is 895. The van der Waals surface area contributed by atoms with Crippen molar-refractivity contribution in [2.45, 2.75) is 19.4 Å². The van der Waals surface area contributed by atoms with Gasteiger partial charge in [0.25, 0.3) is 0 Å². The summed E-state index contributed by atoms with van der Waals surface area (Å²) in [6.45, 7) is 1.98. The largest absolute Gasteiger partial charge is 0.381 e. The lowest BCUT2D eigenvalue weighted by Gasteiger charge is -2.05. The van der Waals surface area contributed by atoms with E-state index in [-0.39, 0.29) is 11.7 Å². The molecule has 0 saturated heterocycles. The van der Waals surface area contributed by atoms with Gasteiger partial charge in [-0.15, -0.1) is 0 Å². The number of nitriles is 1. The number of methoxy groups -OCH3 is 1. The summed E-state index contributed by atoms with van der Waals surface area (Å²) in [7, 11) is 1.67. The molecule has 3 rings (SSSR count). The van der Waals surface area contributed by atoms with E-state index < -0.39 is 5.82 Å². The van der Waals surface area contributed by atoms with E-state index in [1.807, 2.05) is 31.2 Å². The van der Waals surface area contributed by atoms with Gasteiger partial charge in [0.2, 0.25) is 0 Å². The molecule has 0 unspecified atom stereocenters. The number of imidazole rings is 1. The van der Waals surface area contributed by atoms with Gasteiger partial charge < -0.3 is 9.72 Å². The van der Waals surface area contributed by atoms with Crippen LogP contribution in [0.3, 0.4) is 0 Å². The number of ether oxygens (including phenoxy) is 1. The summed E-state index contributed by atoms with van der Waals surface area (Å²) >= 11 is 0.